The molecule has 2 aromatic carbocycles. The van der Waals surface area contributed by atoms with Gasteiger partial charge in [0.2, 0.25) is 5.95 Å². The largest absolute Gasteiger partial charge is 0.333 e. The lowest BCUT2D eigenvalue weighted by Gasteiger charge is -2.13. The molecule has 0 bridgehead atoms. The zero-order valence-electron chi connectivity index (χ0n) is 17.6. The molecule has 0 radical (unpaired) electrons. The highest BCUT2D eigenvalue weighted by Gasteiger charge is 2.20. The van der Waals surface area contributed by atoms with Crippen molar-refractivity contribution in [1.29, 1.82) is 0 Å². The van der Waals surface area contributed by atoms with Gasteiger partial charge in [0, 0.05) is 11.3 Å². The number of rotatable bonds is 8. The summed E-state index contributed by atoms with van der Waals surface area (Å²) < 4.78 is 53.9. The van der Waals surface area contributed by atoms with Crippen molar-refractivity contribution < 1.29 is 17.2 Å². The van der Waals surface area contributed by atoms with Gasteiger partial charge in [0.1, 0.15) is 28.9 Å². The predicted molar refractivity (Wildman–Crippen MR) is 122 cm³/mol. The maximum absolute atomic E-state index is 15.1. The summed E-state index contributed by atoms with van der Waals surface area (Å²) in [7, 11) is -3.52. The number of aromatic nitrogens is 4. The SMILES string of the molecule is CCCS(=O)(=O)Cc1ccc(F)c(Nc2ncnc3cnc(Nc4ccccc4)nc23)c1F. The smallest absolute Gasteiger partial charge is 0.227 e. The second kappa shape index (κ2) is 9.41. The molecular formula is C22H20F2N6O2S. The summed E-state index contributed by atoms with van der Waals surface area (Å²) in [5, 5.41) is 5.66. The molecular weight excluding hydrogens is 450 g/mol. The Morgan fingerprint density at radius 3 is 2.52 bits per heavy atom. The fourth-order valence-corrected chi connectivity index (χ4v) is 4.68. The standard InChI is InChI=1S/C22H20F2N6O2S/c1-2-10-33(31,32)12-14-8-9-16(23)19(18(14)24)29-21-20-17(26-13-27-21)11-25-22(30-20)28-15-6-4-3-5-7-15/h3-9,11,13H,2,10,12H2,1H3,(H,25,28,30)(H,26,27,29). The Morgan fingerprint density at radius 1 is 0.970 bits per heavy atom. The average Bonchev–Trinajstić information content (AvgIpc) is 2.79. The van der Waals surface area contributed by atoms with Gasteiger partial charge in [0.05, 0.1) is 17.7 Å². The van der Waals surface area contributed by atoms with Crippen molar-refractivity contribution in [1.82, 2.24) is 19.9 Å². The van der Waals surface area contributed by atoms with Crippen molar-refractivity contribution in [3.63, 3.8) is 0 Å². The van der Waals surface area contributed by atoms with E-state index in [4.69, 9.17) is 0 Å². The van der Waals surface area contributed by atoms with E-state index in [2.05, 4.69) is 30.6 Å². The molecule has 0 amide bonds. The minimum Gasteiger partial charge on any atom is -0.333 e. The molecule has 2 N–H and O–H groups in total. The molecule has 0 atom stereocenters. The number of anilines is 4. The number of nitrogens with one attached hydrogen (secondary N) is 2. The number of hydrogen-bond donors (Lipinski definition) is 2. The summed E-state index contributed by atoms with van der Waals surface area (Å²) in [6.07, 6.45) is 3.08. The van der Waals surface area contributed by atoms with Gasteiger partial charge in [0.15, 0.2) is 21.5 Å². The normalized spacial score (nSPS) is 11.5. The molecule has 0 aliphatic rings. The van der Waals surface area contributed by atoms with Gasteiger partial charge in [-0.1, -0.05) is 31.2 Å². The minimum absolute atomic E-state index is 0.0462. The Kier molecular flexibility index (Phi) is 6.40. The van der Waals surface area contributed by atoms with Gasteiger partial charge >= 0.3 is 0 Å². The van der Waals surface area contributed by atoms with Crippen molar-refractivity contribution in [3.05, 3.63) is 72.2 Å². The highest BCUT2D eigenvalue weighted by atomic mass is 32.2. The van der Waals surface area contributed by atoms with E-state index in [1.807, 2.05) is 30.3 Å². The lowest BCUT2D eigenvalue weighted by molar-refractivity contribution is 0.574. The molecule has 2 heterocycles. The third-order valence-corrected chi connectivity index (χ3v) is 6.49. The van der Waals surface area contributed by atoms with Crippen LogP contribution < -0.4 is 10.6 Å². The maximum atomic E-state index is 15.1. The Hall–Kier alpha value is -3.73. The van der Waals surface area contributed by atoms with Crippen LogP contribution in [0.25, 0.3) is 11.0 Å². The van der Waals surface area contributed by atoms with E-state index in [1.54, 1.807) is 6.92 Å². The summed E-state index contributed by atoms with van der Waals surface area (Å²) in [6.45, 7) is 1.72. The van der Waals surface area contributed by atoms with Gasteiger partial charge in [-0.3, -0.25) is 0 Å². The van der Waals surface area contributed by atoms with Crippen LogP contribution in [-0.2, 0) is 15.6 Å². The Labute approximate surface area is 189 Å². The molecule has 0 saturated heterocycles. The Morgan fingerprint density at radius 2 is 1.76 bits per heavy atom. The summed E-state index contributed by atoms with van der Waals surface area (Å²) in [4.78, 5) is 16.8. The van der Waals surface area contributed by atoms with Crippen LogP contribution in [0.5, 0.6) is 0 Å². The first-order valence-electron chi connectivity index (χ1n) is 10.1. The zero-order valence-corrected chi connectivity index (χ0v) is 18.4. The maximum Gasteiger partial charge on any atom is 0.227 e. The van der Waals surface area contributed by atoms with Crippen molar-refractivity contribution >= 4 is 44.0 Å². The molecule has 0 saturated carbocycles. The highest BCUT2D eigenvalue weighted by Crippen LogP contribution is 2.29. The van der Waals surface area contributed by atoms with Crippen molar-refractivity contribution in [2.45, 2.75) is 19.1 Å². The number of nitrogens with zero attached hydrogens (tertiary/aromatic N) is 4. The number of para-hydroxylation sites is 1. The minimum atomic E-state index is -3.52. The van der Waals surface area contributed by atoms with Crippen LogP contribution in [0, 0.1) is 11.6 Å². The molecule has 33 heavy (non-hydrogen) atoms. The zero-order chi connectivity index (χ0) is 23.4. The molecule has 170 valence electrons. The van der Waals surface area contributed by atoms with E-state index in [-0.39, 0.29) is 28.6 Å². The van der Waals surface area contributed by atoms with Gasteiger partial charge in [-0.15, -0.1) is 0 Å². The average molecular weight is 471 g/mol. The van der Waals surface area contributed by atoms with Crippen LogP contribution in [0.2, 0.25) is 0 Å². The highest BCUT2D eigenvalue weighted by molar-refractivity contribution is 7.90. The first kappa shape index (κ1) is 22.5. The van der Waals surface area contributed by atoms with E-state index in [9.17, 15) is 12.8 Å². The Bertz CT molecular complexity index is 1400. The van der Waals surface area contributed by atoms with Gasteiger partial charge in [-0.2, -0.15) is 0 Å². The number of benzene rings is 2. The summed E-state index contributed by atoms with van der Waals surface area (Å²) >= 11 is 0. The fourth-order valence-electron chi connectivity index (χ4n) is 3.22. The van der Waals surface area contributed by atoms with Crippen molar-refractivity contribution in [3.8, 4) is 0 Å². The Balaban J connectivity index is 1.70. The molecule has 0 unspecified atom stereocenters. The monoisotopic (exact) mass is 470 g/mol. The number of fused-ring (bicyclic) bond motifs is 1. The van der Waals surface area contributed by atoms with E-state index in [1.165, 1.54) is 12.5 Å². The van der Waals surface area contributed by atoms with Gasteiger partial charge < -0.3 is 10.6 Å². The van der Waals surface area contributed by atoms with Crippen LogP contribution >= 0.6 is 0 Å². The third-order valence-electron chi connectivity index (χ3n) is 4.71. The van der Waals surface area contributed by atoms with E-state index >= 15 is 4.39 Å². The molecule has 0 fully saturated rings. The number of halogens is 2. The summed E-state index contributed by atoms with van der Waals surface area (Å²) in [6, 6.07) is 11.4. The molecule has 0 aliphatic carbocycles. The molecule has 0 aliphatic heterocycles. The third kappa shape index (κ3) is 5.20. The first-order valence-corrected chi connectivity index (χ1v) is 11.9. The van der Waals surface area contributed by atoms with E-state index < -0.39 is 32.9 Å². The van der Waals surface area contributed by atoms with Crippen LogP contribution in [0.3, 0.4) is 0 Å². The van der Waals surface area contributed by atoms with Crippen LogP contribution in [0.1, 0.15) is 18.9 Å². The number of hydrogen-bond acceptors (Lipinski definition) is 8. The second-order valence-corrected chi connectivity index (χ2v) is 9.44. The quantitative estimate of drug-likeness (QED) is 0.387. The van der Waals surface area contributed by atoms with E-state index in [0.29, 0.717) is 11.9 Å². The van der Waals surface area contributed by atoms with Crippen LogP contribution in [0.15, 0.2) is 55.0 Å². The first-order chi connectivity index (χ1) is 15.9. The van der Waals surface area contributed by atoms with Gasteiger partial charge in [-0.05, 0) is 24.6 Å². The van der Waals surface area contributed by atoms with Gasteiger partial charge in [-0.25, -0.2) is 37.1 Å². The molecule has 4 aromatic rings. The molecule has 4 rings (SSSR count). The molecule has 8 nitrogen and oxygen atoms in total. The molecule has 2 aromatic heterocycles. The van der Waals surface area contributed by atoms with Crippen LogP contribution in [0.4, 0.5) is 31.9 Å². The van der Waals surface area contributed by atoms with Crippen molar-refractivity contribution in [2.24, 2.45) is 0 Å². The number of sulfone groups is 1. The summed E-state index contributed by atoms with van der Waals surface area (Å²) in [5.41, 5.74) is 0.686. The lowest BCUT2D eigenvalue weighted by atomic mass is 10.2. The predicted octanol–water partition coefficient (Wildman–Crippen LogP) is 4.51. The topological polar surface area (TPSA) is 110 Å². The van der Waals surface area contributed by atoms with Crippen LogP contribution in [-0.4, -0.2) is 34.1 Å². The van der Waals surface area contributed by atoms with Gasteiger partial charge in [0.25, 0.3) is 0 Å². The van der Waals surface area contributed by atoms with E-state index in [0.717, 1.165) is 17.8 Å². The molecule has 11 heteroatoms. The molecule has 0 spiro atoms. The lowest BCUT2D eigenvalue weighted by Crippen LogP contribution is -2.11. The van der Waals surface area contributed by atoms with Crippen molar-refractivity contribution in [2.75, 3.05) is 16.4 Å². The second-order valence-electron chi connectivity index (χ2n) is 7.25. The fraction of sp³-hybridized carbons (Fsp3) is 0.182. The summed E-state index contributed by atoms with van der Waals surface area (Å²) in [5.74, 6) is -2.22.